The van der Waals surface area contributed by atoms with Crippen molar-refractivity contribution in [3.05, 3.63) is 90.0 Å². The SMILES string of the molecule is COc1ccccc1COc1ccccc1C(=O)Nc1ccccc1. The van der Waals surface area contributed by atoms with Crippen molar-refractivity contribution in [2.75, 3.05) is 12.4 Å². The van der Waals surface area contributed by atoms with E-state index in [-0.39, 0.29) is 5.91 Å². The van der Waals surface area contributed by atoms with E-state index in [0.29, 0.717) is 17.9 Å². The quantitative estimate of drug-likeness (QED) is 0.721. The van der Waals surface area contributed by atoms with E-state index in [0.717, 1.165) is 17.0 Å². The van der Waals surface area contributed by atoms with Crippen LogP contribution in [0.4, 0.5) is 5.69 Å². The third-order valence-corrected chi connectivity index (χ3v) is 3.74. The zero-order valence-electron chi connectivity index (χ0n) is 13.9. The van der Waals surface area contributed by atoms with Gasteiger partial charge in [0.25, 0.3) is 5.91 Å². The van der Waals surface area contributed by atoms with E-state index in [2.05, 4.69) is 5.32 Å². The minimum absolute atomic E-state index is 0.207. The number of amides is 1. The van der Waals surface area contributed by atoms with Gasteiger partial charge in [-0.15, -0.1) is 0 Å². The average molecular weight is 333 g/mol. The van der Waals surface area contributed by atoms with Gasteiger partial charge in [0.2, 0.25) is 0 Å². The largest absolute Gasteiger partial charge is 0.496 e. The zero-order chi connectivity index (χ0) is 17.5. The summed E-state index contributed by atoms with van der Waals surface area (Å²) < 4.78 is 11.2. The number of nitrogens with one attached hydrogen (secondary N) is 1. The Morgan fingerprint density at radius 3 is 2.24 bits per heavy atom. The smallest absolute Gasteiger partial charge is 0.259 e. The van der Waals surface area contributed by atoms with Gasteiger partial charge in [-0.05, 0) is 30.3 Å². The van der Waals surface area contributed by atoms with E-state index in [9.17, 15) is 4.79 Å². The number of para-hydroxylation sites is 3. The molecule has 0 aliphatic heterocycles. The van der Waals surface area contributed by atoms with Crippen LogP contribution in [-0.4, -0.2) is 13.0 Å². The Morgan fingerprint density at radius 2 is 1.48 bits per heavy atom. The first kappa shape index (κ1) is 16.6. The van der Waals surface area contributed by atoms with Gasteiger partial charge < -0.3 is 14.8 Å². The summed E-state index contributed by atoms with van der Waals surface area (Å²) in [4.78, 5) is 12.6. The number of rotatable bonds is 6. The fourth-order valence-corrected chi connectivity index (χ4v) is 2.48. The van der Waals surface area contributed by atoms with Crippen LogP contribution in [0.5, 0.6) is 11.5 Å². The number of methoxy groups -OCH3 is 1. The summed E-state index contributed by atoms with van der Waals surface area (Å²) >= 11 is 0. The van der Waals surface area contributed by atoms with Crippen LogP contribution in [0.25, 0.3) is 0 Å². The molecule has 0 unspecified atom stereocenters. The molecule has 0 atom stereocenters. The standard InChI is InChI=1S/C21H19NO3/c1-24-19-13-7-5-9-16(19)15-25-20-14-8-6-12-18(20)21(23)22-17-10-3-2-4-11-17/h2-14H,15H2,1H3,(H,22,23). The van der Waals surface area contributed by atoms with Crippen molar-refractivity contribution in [1.82, 2.24) is 0 Å². The normalized spacial score (nSPS) is 10.1. The van der Waals surface area contributed by atoms with Gasteiger partial charge in [-0.2, -0.15) is 0 Å². The Hall–Kier alpha value is -3.27. The van der Waals surface area contributed by atoms with Crippen LogP contribution < -0.4 is 14.8 Å². The third-order valence-electron chi connectivity index (χ3n) is 3.74. The lowest BCUT2D eigenvalue weighted by atomic mass is 10.1. The second-order valence-electron chi connectivity index (χ2n) is 5.42. The molecule has 0 aromatic heterocycles. The van der Waals surface area contributed by atoms with Crippen LogP contribution in [0.2, 0.25) is 0 Å². The average Bonchev–Trinajstić information content (AvgIpc) is 2.67. The first-order valence-corrected chi connectivity index (χ1v) is 7.98. The number of carbonyl (C=O) groups is 1. The van der Waals surface area contributed by atoms with Crippen LogP contribution in [0.15, 0.2) is 78.9 Å². The van der Waals surface area contributed by atoms with Gasteiger partial charge in [0.05, 0.1) is 12.7 Å². The number of hydrogen-bond donors (Lipinski definition) is 1. The lowest BCUT2D eigenvalue weighted by Gasteiger charge is -2.13. The Kier molecular flexibility index (Phi) is 5.32. The molecule has 0 heterocycles. The first-order valence-electron chi connectivity index (χ1n) is 7.98. The highest BCUT2D eigenvalue weighted by atomic mass is 16.5. The topological polar surface area (TPSA) is 47.6 Å². The molecular weight excluding hydrogens is 314 g/mol. The molecule has 0 saturated heterocycles. The lowest BCUT2D eigenvalue weighted by molar-refractivity contribution is 0.102. The molecule has 126 valence electrons. The predicted octanol–water partition coefficient (Wildman–Crippen LogP) is 4.53. The van der Waals surface area contributed by atoms with Crippen molar-refractivity contribution in [2.45, 2.75) is 6.61 Å². The molecule has 0 fully saturated rings. The highest BCUT2D eigenvalue weighted by Crippen LogP contribution is 2.23. The number of carbonyl (C=O) groups excluding carboxylic acids is 1. The molecule has 0 bridgehead atoms. The fraction of sp³-hybridized carbons (Fsp3) is 0.0952. The molecular formula is C21H19NO3. The minimum Gasteiger partial charge on any atom is -0.496 e. The molecule has 4 nitrogen and oxygen atoms in total. The molecule has 0 saturated carbocycles. The van der Waals surface area contributed by atoms with Crippen LogP contribution >= 0.6 is 0 Å². The van der Waals surface area contributed by atoms with Crippen molar-refractivity contribution in [3.8, 4) is 11.5 Å². The van der Waals surface area contributed by atoms with Gasteiger partial charge in [0, 0.05) is 11.3 Å². The Balaban J connectivity index is 1.75. The van der Waals surface area contributed by atoms with Crippen molar-refractivity contribution in [2.24, 2.45) is 0 Å². The molecule has 1 amide bonds. The molecule has 4 heteroatoms. The summed E-state index contributed by atoms with van der Waals surface area (Å²) in [7, 11) is 1.63. The van der Waals surface area contributed by atoms with Gasteiger partial charge >= 0.3 is 0 Å². The van der Waals surface area contributed by atoms with E-state index in [4.69, 9.17) is 9.47 Å². The molecule has 0 radical (unpaired) electrons. The maximum atomic E-state index is 12.6. The predicted molar refractivity (Wildman–Crippen MR) is 98.2 cm³/mol. The molecule has 0 spiro atoms. The fourth-order valence-electron chi connectivity index (χ4n) is 2.48. The van der Waals surface area contributed by atoms with Gasteiger partial charge in [-0.1, -0.05) is 48.5 Å². The van der Waals surface area contributed by atoms with Crippen LogP contribution in [0.3, 0.4) is 0 Å². The number of hydrogen-bond acceptors (Lipinski definition) is 3. The minimum atomic E-state index is -0.207. The van der Waals surface area contributed by atoms with Gasteiger partial charge in [0.15, 0.2) is 0 Å². The Morgan fingerprint density at radius 1 is 0.840 bits per heavy atom. The molecule has 0 aliphatic carbocycles. The third kappa shape index (κ3) is 4.18. The highest BCUT2D eigenvalue weighted by molar-refractivity contribution is 6.06. The molecule has 25 heavy (non-hydrogen) atoms. The second kappa shape index (κ2) is 8.02. The zero-order valence-corrected chi connectivity index (χ0v) is 13.9. The van der Waals surface area contributed by atoms with Crippen LogP contribution in [0, 0.1) is 0 Å². The molecule has 3 aromatic rings. The Labute approximate surface area is 147 Å². The van der Waals surface area contributed by atoms with E-state index in [1.165, 1.54) is 0 Å². The molecule has 3 rings (SSSR count). The van der Waals surface area contributed by atoms with E-state index in [1.807, 2.05) is 66.7 Å². The van der Waals surface area contributed by atoms with E-state index >= 15 is 0 Å². The molecule has 3 aromatic carbocycles. The van der Waals surface area contributed by atoms with Gasteiger partial charge in [-0.25, -0.2) is 0 Å². The van der Waals surface area contributed by atoms with Gasteiger partial charge in [-0.3, -0.25) is 4.79 Å². The number of ether oxygens (including phenoxy) is 2. The summed E-state index contributed by atoms with van der Waals surface area (Å²) in [6.07, 6.45) is 0. The molecule has 0 aliphatic rings. The number of benzene rings is 3. The second-order valence-corrected chi connectivity index (χ2v) is 5.42. The lowest BCUT2D eigenvalue weighted by Crippen LogP contribution is -2.13. The summed E-state index contributed by atoms with van der Waals surface area (Å²) in [5.74, 6) is 1.08. The maximum Gasteiger partial charge on any atom is 0.259 e. The van der Waals surface area contributed by atoms with Crippen molar-refractivity contribution < 1.29 is 14.3 Å². The maximum absolute atomic E-state index is 12.6. The summed E-state index contributed by atoms with van der Waals surface area (Å²) in [5.41, 5.74) is 2.15. The van der Waals surface area contributed by atoms with Crippen molar-refractivity contribution >= 4 is 11.6 Å². The number of anilines is 1. The van der Waals surface area contributed by atoms with Gasteiger partial charge in [0.1, 0.15) is 18.1 Å². The van der Waals surface area contributed by atoms with Crippen molar-refractivity contribution in [3.63, 3.8) is 0 Å². The van der Waals surface area contributed by atoms with Crippen molar-refractivity contribution in [1.29, 1.82) is 0 Å². The first-order chi connectivity index (χ1) is 12.3. The summed E-state index contributed by atoms with van der Waals surface area (Å²) in [5, 5.41) is 2.88. The molecule has 1 N–H and O–H groups in total. The summed E-state index contributed by atoms with van der Waals surface area (Å²) in [6, 6.07) is 24.2. The van der Waals surface area contributed by atoms with Crippen LogP contribution in [-0.2, 0) is 6.61 Å². The highest BCUT2D eigenvalue weighted by Gasteiger charge is 2.13. The monoisotopic (exact) mass is 333 g/mol. The van der Waals surface area contributed by atoms with E-state index < -0.39 is 0 Å². The van der Waals surface area contributed by atoms with Crippen LogP contribution in [0.1, 0.15) is 15.9 Å². The summed E-state index contributed by atoms with van der Waals surface area (Å²) in [6.45, 7) is 0.319. The van der Waals surface area contributed by atoms with E-state index in [1.54, 1.807) is 19.2 Å². The Bertz CT molecular complexity index is 847.